The van der Waals surface area contributed by atoms with Crippen LogP contribution in [-0.2, 0) is 5.41 Å². The van der Waals surface area contributed by atoms with Crippen molar-refractivity contribution in [1.82, 2.24) is 0 Å². The molecule has 2 rings (SSSR count). The van der Waals surface area contributed by atoms with Gasteiger partial charge in [-0.25, -0.2) is 0 Å². The molecule has 1 aromatic rings. The average molecular weight is 207 g/mol. The topological polar surface area (TPSA) is 52.4 Å². The molecule has 4 nitrogen and oxygen atoms in total. The highest BCUT2D eigenvalue weighted by atomic mass is 16.6. The van der Waals surface area contributed by atoms with Gasteiger partial charge in [0.2, 0.25) is 0 Å². The van der Waals surface area contributed by atoms with Crippen molar-refractivity contribution in [3.05, 3.63) is 33.9 Å². The van der Waals surface area contributed by atoms with Crippen LogP contribution in [-0.4, -0.2) is 12.0 Å². The van der Waals surface area contributed by atoms with Crippen LogP contribution in [0, 0.1) is 10.1 Å². The predicted octanol–water partition coefficient (Wildman–Crippen LogP) is 2.65. The molecule has 0 heterocycles. The van der Waals surface area contributed by atoms with Crippen LogP contribution < -0.4 is 4.74 Å². The van der Waals surface area contributed by atoms with E-state index < -0.39 is 4.92 Å². The minimum absolute atomic E-state index is 0.0584. The molecule has 0 saturated heterocycles. The molecule has 0 aliphatic heterocycles. The molecule has 0 N–H and O–H groups in total. The van der Waals surface area contributed by atoms with Crippen LogP contribution in [0.3, 0.4) is 0 Å². The lowest BCUT2D eigenvalue weighted by Gasteiger charge is -2.09. The second-order valence-electron chi connectivity index (χ2n) is 4.20. The van der Waals surface area contributed by atoms with Gasteiger partial charge in [0.05, 0.1) is 12.0 Å². The Bertz CT molecular complexity index is 410. The summed E-state index contributed by atoms with van der Waals surface area (Å²) < 4.78 is 4.95. The summed E-state index contributed by atoms with van der Waals surface area (Å²) in [6, 6.07) is 5.22. The fraction of sp³-hybridized carbons (Fsp3) is 0.455. The Labute approximate surface area is 88.0 Å². The number of hydrogen-bond acceptors (Lipinski definition) is 3. The number of nitro benzene ring substituents is 1. The molecule has 1 fully saturated rings. The van der Waals surface area contributed by atoms with E-state index in [2.05, 4.69) is 6.92 Å². The lowest BCUT2D eigenvalue weighted by Crippen LogP contribution is -2.02. The van der Waals surface area contributed by atoms with Crippen LogP contribution in [0.4, 0.5) is 5.69 Å². The van der Waals surface area contributed by atoms with E-state index in [-0.39, 0.29) is 11.1 Å². The van der Waals surface area contributed by atoms with Gasteiger partial charge in [0, 0.05) is 6.07 Å². The van der Waals surface area contributed by atoms with Gasteiger partial charge >= 0.3 is 5.69 Å². The number of nitrogens with zero attached hydrogens (tertiary/aromatic N) is 1. The monoisotopic (exact) mass is 207 g/mol. The van der Waals surface area contributed by atoms with Crippen molar-refractivity contribution in [2.75, 3.05) is 7.11 Å². The lowest BCUT2D eigenvalue weighted by atomic mass is 9.98. The van der Waals surface area contributed by atoms with Crippen LogP contribution >= 0.6 is 0 Å². The first-order valence-electron chi connectivity index (χ1n) is 4.90. The molecule has 0 spiro atoms. The zero-order valence-corrected chi connectivity index (χ0v) is 8.82. The Balaban J connectivity index is 2.45. The first kappa shape index (κ1) is 9.96. The Morgan fingerprint density at radius 1 is 1.47 bits per heavy atom. The molecular weight excluding hydrogens is 194 g/mol. The Morgan fingerprint density at radius 3 is 2.60 bits per heavy atom. The molecule has 0 amide bonds. The lowest BCUT2D eigenvalue weighted by molar-refractivity contribution is -0.385. The van der Waals surface area contributed by atoms with Crippen LogP contribution in [0.15, 0.2) is 18.2 Å². The number of nitro groups is 1. The van der Waals surface area contributed by atoms with Gasteiger partial charge in [-0.05, 0) is 29.9 Å². The molecule has 0 atom stereocenters. The number of rotatable bonds is 3. The van der Waals surface area contributed by atoms with Crippen molar-refractivity contribution in [1.29, 1.82) is 0 Å². The second-order valence-corrected chi connectivity index (χ2v) is 4.20. The second kappa shape index (κ2) is 3.22. The third kappa shape index (κ3) is 1.67. The number of ether oxygens (including phenoxy) is 1. The maximum atomic E-state index is 10.8. The third-order valence-electron chi connectivity index (χ3n) is 3.07. The summed E-state index contributed by atoms with van der Waals surface area (Å²) in [6.07, 6.45) is 2.22. The van der Waals surface area contributed by atoms with E-state index in [9.17, 15) is 10.1 Å². The highest BCUT2D eigenvalue weighted by Crippen LogP contribution is 2.49. The maximum Gasteiger partial charge on any atom is 0.311 e. The smallest absolute Gasteiger partial charge is 0.311 e. The van der Waals surface area contributed by atoms with Crippen LogP contribution in [0.5, 0.6) is 5.75 Å². The Hall–Kier alpha value is -1.58. The summed E-state index contributed by atoms with van der Waals surface area (Å²) in [4.78, 5) is 10.4. The Morgan fingerprint density at radius 2 is 2.13 bits per heavy atom. The number of hydrogen-bond donors (Lipinski definition) is 0. The van der Waals surface area contributed by atoms with Gasteiger partial charge in [-0.1, -0.05) is 13.0 Å². The summed E-state index contributed by atoms with van der Waals surface area (Å²) >= 11 is 0. The summed E-state index contributed by atoms with van der Waals surface area (Å²) in [5, 5.41) is 10.8. The fourth-order valence-electron chi connectivity index (χ4n) is 1.68. The number of benzene rings is 1. The van der Waals surface area contributed by atoms with Crippen LogP contribution in [0.25, 0.3) is 0 Å². The van der Waals surface area contributed by atoms with E-state index >= 15 is 0 Å². The Kier molecular flexibility index (Phi) is 2.14. The summed E-state index contributed by atoms with van der Waals surface area (Å²) in [7, 11) is 1.45. The molecule has 0 aromatic heterocycles. The largest absolute Gasteiger partial charge is 0.490 e. The molecule has 1 aromatic carbocycles. The molecular formula is C11H13NO3. The highest BCUT2D eigenvalue weighted by Gasteiger charge is 2.40. The van der Waals surface area contributed by atoms with E-state index in [1.807, 2.05) is 6.07 Å². The molecule has 1 aliphatic rings. The minimum atomic E-state index is -0.395. The molecule has 4 heteroatoms. The standard InChI is InChI=1S/C11H13NO3/c1-11(5-6-11)8-3-4-10(15-2)9(7-8)12(13)14/h3-4,7H,5-6H2,1-2H3. The SMILES string of the molecule is COc1ccc(C2(C)CC2)cc1[N+](=O)[O-]. The zero-order chi connectivity index (χ0) is 11.1. The van der Waals surface area contributed by atoms with Gasteiger partial charge in [-0.2, -0.15) is 0 Å². The first-order chi connectivity index (χ1) is 7.07. The van der Waals surface area contributed by atoms with Crippen molar-refractivity contribution in [3.8, 4) is 5.75 Å². The van der Waals surface area contributed by atoms with Crippen molar-refractivity contribution in [3.63, 3.8) is 0 Å². The fourth-order valence-corrected chi connectivity index (χ4v) is 1.68. The van der Waals surface area contributed by atoms with E-state index in [1.54, 1.807) is 12.1 Å². The van der Waals surface area contributed by atoms with E-state index in [0.29, 0.717) is 5.75 Å². The van der Waals surface area contributed by atoms with Gasteiger partial charge < -0.3 is 4.74 Å². The normalized spacial score (nSPS) is 17.2. The summed E-state index contributed by atoms with van der Waals surface area (Å²) in [5.74, 6) is 0.327. The third-order valence-corrected chi connectivity index (χ3v) is 3.07. The van der Waals surface area contributed by atoms with Crippen molar-refractivity contribution >= 4 is 5.69 Å². The van der Waals surface area contributed by atoms with Crippen LogP contribution in [0.1, 0.15) is 25.3 Å². The first-order valence-corrected chi connectivity index (χ1v) is 4.90. The molecule has 1 aliphatic carbocycles. The van der Waals surface area contributed by atoms with E-state index in [1.165, 1.54) is 7.11 Å². The van der Waals surface area contributed by atoms with E-state index in [4.69, 9.17) is 4.74 Å². The van der Waals surface area contributed by atoms with Gasteiger partial charge in [-0.15, -0.1) is 0 Å². The molecule has 15 heavy (non-hydrogen) atoms. The molecule has 80 valence electrons. The molecule has 0 unspecified atom stereocenters. The van der Waals surface area contributed by atoms with Crippen LogP contribution in [0.2, 0.25) is 0 Å². The molecule has 0 bridgehead atoms. The van der Waals surface area contributed by atoms with Gasteiger partial charge in [0.15, 0.2) is 5.75 Å². The molecule has 1 saturated carbocycles. The minimum Gasteiger partial charge on any atom is -0.490 e. The maximum absolute atomic E-state index is 10.8. The van der Waals surface area contributed by atoms with Gasteiger partial charge in [-0.3, -0.25) is 10.1 Å². The average Bonchev–Trinajstić information content (AvgIpc) is 2.96. The number of methoxy groups -OCH3 is 1. The zero-order valence-electron chi connectivity index (χ0n) is 8.82. The highest BCUT2D eigenvalue weighted by molar-refractivity contribution is 5.51. The quantitative estimate of drug-likeness (QED) is 0.565. The van der Waals surface area contributed by atoms with Crippen molar-refractivity contribution in [2.45, 2.75) is 25.2 Å². The van der Waals surface area contributed by atoms with Crippen molar-refractivity contribution in [2.24, 2.45) is 0 Å². The summed E-state index contributed by atoms with van der Waals surface area (Å²) in [5.41, 5.74) is 1.25. The predicted molar refractivity (Wildman–Crippen MR) is 56.2 cm³/mol. The molecule has 0 radical (unpaired) electrons. The summed E-state index contributed by atoms with van der Waals surface area (Å²) in [6.45, 7) is 2.12. The van der Waals surface area contributed by atoms with Crippen molar-refractivity contribution < 1.29 is 9.66 Å². The van der Waals surface area contributed by atoms with Gasteiger partial charge in [0.1, 0.15) is 0 Å². The van der Waals surface area contributed by atoms with Gasteiger partial charge in [0.25, 0.3) is 0 Å². The van der Waals surface area contributed by atoms with E-state index in [0.717, 1.165) is 18.4 Å².